The Labute approximate surface area is 138 Å². The van der Waals surface area contributed by atoms with Crippen molar-refractivity contribution >= 4 is 11.8 Å². The van der Waals surface area contributed by atoms with E-state index >= 15 is 0 Å². The first-order chi connectivity index (χ1) is 10.9. The number of fused-ring (bicyclic) bond motifs is 1. The third-order valence-corrected chi connectivity index (χ3v) is 6.14. The number of esters is 1. The molecular formula is C20H26O3. The molecule has 2 aliphatic carbocycles. The quantitative estimate of drug-likeness (QED) is 0.793. The van der Waals surface area contributed by atoms with Crippen molar-refractivity contribution in [2.45, 2.75) is 59.3 Å². The summed E-state index contributed by atoms with van der Waals surface area (Å²) >= 11 is 0. The predicted octanol–water partition coefficient (Wildman–Crippen LogP) is 3.85. The second-order valence-corrected chi connectivity index (χ2v) is 7.52. The van der Waals surface area contributed by atoms with Gasteiger partial charge in [-0.05, 0) is 56.7 Å². The SMILES string of the molecule is COC(=O)C12CCCCC1(C(=O)Cc1c(C)cc(C)cc1C)C2. The molecule has 23 heavy (non-hydrogen) atoms. The lowest BCUT2D eigenvalue weighted by molar-refractivity contribution is -0.152. The molecule has 3 rings (SSSR count). The number of benzene rings is 1. The average molecular weight is 314 g/mol. The minimum absolute atomic E-state index is 0.178. The van der Waals surface area contributed by atoms with E-state index in [1.807, 2.05) is 0 Å². The second kappa shape index (κ2) is 5.47. The largest absolute Gasteiger partial charge is 0.469 e. The standard InChI is InChI=1S/C20H26O3/c1-13-9-14(2)16(15(3)10-13)11-17(21)19-7-5-6-8-20(19,12-19)18(22)23-4/h9-10H,5-8,11-12H2,1-4H3. The fourth-order valence-corrected chi connectivity index (χ4v) is 4.87. The third kappa shape index (κ3) is 2.32. The first-order valence-corrected chi connectivity index (χ1v) is 8.55. The lowest BCUT2D eigenvalue weighted by atomic mass is 9.75. The van der Waals surface area contributed by atoms with Crippen molar-refractivity contribution in [1.29, 1.82) is 0 Å². The number of aryl methyl sites for hydroxylation is 3. The van der Waals surface area contributed by atoms with Crippen molar-refractivity contribution in [3.05, 3.63) is 34.4 Å². The summed E-state index contributed by atoms with van der Waals surface area (Å²) in [5.41, 5.74) is 3.72. The molecule has 0 N–H and O–H groups in total. The topological polar surface area (TPSA) is 43.4 Å². The van der Waals surface area contributed by atoms with Gasteiger partial charge in [-0.1, -0.05) is 30.5 Å². The average Bonchev–Trinajstić information content (AvgIpc) is 3.22. The number of carbonyl (C=O) groups excluding carboxylic acids is 2. The maximum Gasteiger partial charge on any atom is 0.312 e. The highest BCUT2D eigenvalue weighted by atomic mass is 16.5. The van der Waals surface area contributed by atoms with Crippen LogP contribution < -0.4 is 0 Å². The lowest BCUT2D eigenvalue weighted by Gasteiger charge is -2.28. The summed E-state index contributed by atoms with van der Waals surface area (Å²) in [4.78, 5) is 25.4. The van der Waals surface area contributed by atoms with Crippen molar-refractivity contribution in [3.8, 4) is 0 Å². The van der Waals surface area contributed by atoms with Crippen molar-refractivity contribution in [1.82, 2.24) is 0 Å². The van der Waals surface area contributed by atoms with Gasteiger partial charge < -0.3 is 4.74 Å². The molecule has 1 aromatic rings. The van der Waals surface area contributed by atoms with Gasteiger partial charge in [0.05, 0.1) is 12.5 Å². The molecule has 2 aliphatic rings. The number of methoxy groups -OCH3 is 1. The van der Waals surface area contributed by atoms with Gasteiger partial charge in [-0.2, -0.15) is 0 Å². The highest BCUT2D eigenvalue weighted by Gasteiger charge is 2.75. The van der Waals surface area contributed by atoms with E-state index in [4.69, 9.17) is 4.74 Å². The molecule has 2 atom stereocenters. The fourth-order valence-electron chi connectivity index (χ4n) is 4.87. The van der Waals surface area contributed by atoms with Crippen LogP contribution in [0, 0.1) is 31.6 Å². The fraction of sp³-hybridized carbons (Fsp3) is 0.600. The Morgan fingerprint density at radius 3 is 2.17 bits per heavy atom. The number of carbonyl (C=O) groups is 2. The summed E-state index contributed by atoms with van der Waals surface area (Å²) < 4.78 is 5.03. The molecule has 0 radical (unpaired) electrons. The molecule has 2 saturated carbocycles. The van der Waals surface area contributed by atoms with Gasteiger partial charge in [0.1, 0.15) is 5.78 Å². The van der Waals surface area contributed by atoms with Crippen molar-refractivity contribution in [2.24, 2.45) is 10.8 Å². The lowest BCUT2D eigenvalue weighted by Crippen LogP contribution is -2.34. The molecule has 0 amide bonds. The van der Waals surface area contributed by atoms with Crippen LogP contribution in [0.1, 0.15) is 54.4 Å². The molecule has 1 aromatic carbocycles. The molecule has 0 spiro atoms. The van der Waals surface area contributed by atoms with E-state index in [1.54, 1.807) is 0 Å². The Kier molecular flexibility index (Phi) is 3.86. The molecule has 0 heterocycles. The Morgan fingerprint density at radius 1 is 1.04 bits per heavy atom. The molecule has 0 aromatic heterocycles. The summed E-state index contributed by atoms with van der Waals surface area (Å²) in [6, 6.07) is 4.27. The van der Waals surface area contributed by atoms with E-state index < -0.39 is 10.8 Å². The number of ketones is 1. The van der Waals surface area contributed by atoms with Crippen LogP contribution in [-0.2, 0) is 20.7 Å². The summed E-state index contributed by atoms with van der Waals surface area (Å²) in [6.45, 7) is 6.22. The van der Waals surface area contributed by atoms with Gasteiger partial charge >= 0.3 is 5.97 Å². The Balaban J connectivity index is 1.88. The normalized spacial score (nSPS) is 28.9. The zero-order valence-electron chi connectivity index (χ0n) is 14.6. The third-order valence-electron chi connectivity index (χ3n) is 6.14. The van der Waals surface area contributed by atoms with Gasteiger partial charge in [-0.25, -0.2) is 0 Å². The van der Waals surface area contributed by atoms with E-state index in [0.717, 1.165) is 31.2 Å². The number of hydrogen-bond donors (Lipinski definition) is 0. The zero-order chi connectivity index (χ0) is 16.8. The number of rotatable bonds is 4. The molecule has 2 unspecified atom stereocenters. The van der Waals surface area contributed by atoms with Crippen LogP contribution in [-0.4, -0.2) is 18.9 Å². The summed E-state index contributed by atoms with van der Waals surface area (Å²) in [6.07, 6.45) is 4.83. The minimum atomic E-state index is -0.524. The highest BCUT2D eigenvalue weighted by Crippen LogP contribution is 2.72. The zero-order valence-corrected chi connectivity index (χ0v) is 14.6. The van der Waals surface area contributed by atoms with Gasteiger partial charge in [0.25, 0.3) is 0 Å². The summed E-state index contributed by atoms with van der Waals surface area (Å²) in [5, 5.41) is 0. The molecule has 124 valence electrons. The summed E-state index contributed by atoms with van der Waals surface area (Å²) in [5.74, 6) is 0.0561. The van der Waals surface area contributed by atoms with Gasteiger partial charge in [-0.3, -0.25) is 9.59 Å². The van der Waals surface area contributed by atoms with Crippen LogP contribution in [0.15, 0.2) is 12.1 Å². The predicted molar refractivity (Wildman–Crippen MR) is 89.3 cm³/mol. The Morgan fingerprint density at radius 2 is 1.61 bits per heavy atom. The van der Waals surface area contributed by atoms with Gasteiger partial charge in [0, 0.05) is 11.8 Å². The Bertz CT molecular complexity index is 652. The van der Waals surface area contributed by atoms with Crippen LogP contribution in [0.3, 0.4) is 0 Å². The molecule has 0 saturated heterocycles. The van der Waals surface area contributed by atoms with Gasteiger partial charge in [-0.15, -0.1) is 0 Å². The monoisotopic (exact) mass is 314 g/mol. The van der Waals surface area contributed by atoms with E-state index in [2.05, 4.69) is 32.9 Å². The van der Waals surface area contributed by atoms with Gasteiger partial charge in [0.15, 0.2) is 0 Å². The van der Waals surface area contributed by atoms with Crippen LogP contribution >= 0.6 is 0 Å². The van der Waals surface area contributed by atoms with E-state index in [1.165, 1.54) is 23.8 Å². The van der Waals surface area contributed by atoms with Crippen molar-refractivity contribution in [2.75, 3.05) is 7.11 Å². The van der Waals surface area contributed by atoms with Crippen LogP contribution in [0.2, 0.25) is 0 Å². The van der Waals surface area contributed by atoms with E-state index in [9.17, 15) is 9.59 Å². The molecule has 0 aliphatic heterocycles. The van der Waals surface area contributed by atoms with Crippen LogP contribution in [0.5, 0.6) is 0 Å². The first kappa shape index (κ1) is 16.2. The highest BCUT2D eigenvalue weighted by molar-refractivity contribution is 5.99. The maximum atomic E-state index is 13.1. The molecular weight excluding hydrogens is 288 g/mol. The summed E-state index contributed by atoms with van der Waals surface area (Å²) in [7, 11) is 1.44. The maximum absolute atomic E-state index is 13.1. The molecule has 3 nitrogen and oxygen atoms in total. The minimum Gasteiger partial charge on any atom is -0.469 e. The van der Waals surface area contributed by atoms with Crippen LogP contribution in [0.4, 0.5) is 0 Å². The first-order valence-electron chi connectivity index (χ1n) is 8.55. The Hall–Kier alpha value is -1.64. The van der Waals surface area contributed by atoms with Crippen LogP contribution in [0.25, 0.3) is 0 Å². The van der Waals surface area contributed by atoms with E-state index in [-0.39, 0.29) is 11.8 Å². The number of ether oxygens (including phenoxy) is 1. The second-order valence-electron chi connectivity index (χ2n) is 7.52. The molecule has 3 heteroatoms. The molecule has 2 fully saturated rings. The molecule has 0 bridgehead atoms. The van der Waals surface area contributed by atoms with E-state index in [0.29, 0.717) is 12.8 Å². The number of Topliss-reactive ketones (excluding diaryl/α,β-unsaturated/α-hetero) is 1. The number of hydrogen-bond acceptors (Lipinski definition) is 3. The smallest absolute Gasteiger partial charge is 0.312 e. The van der Waals surface area contributed by atoms with Crippen molar-refractivity contribution < 1.29 is 14.3 Å². The van der Waals surface area contributed by atoms with Crippen molar-refractivity contribution in [3.63, 3.8) is 0 Å². The van der Waals surface area contributed by atoms with Gasteiger partial charge in [0.2, 0.25) is 0 Å².